The largest absolute Gasteiger partial charge is 0.413 e. The fourth-order valence-electron chi connectivity index (χ4n) is 3.02. The molecule has 2 heterocycles. The number of nitrogens with zero attached hydrogens (tertiary/aromatic N) is 1. The zero-order valence-corrected chi connectivity index (χ0v) is 14.6. The molecule has 0 saturated carbocycles. The molecule has 2 aliphatic rings. The predicted octanol–water partition coefficient (Wildman–Crippen LogP) is 3.69. The first kappa shape index (κ1) is 15.6. The lowest BCUT2D eigenvalue weighted by Gasteiger charge is -2.48. The second-order valence-corrected chi connectivity index (χ2v) is 12.3. The summed E-state index contributed by atoms with van der Waals surface area (Å²) in [6, 6.07) is 0.312. The summed E-state index contributed by atoms with van der Waals surface area (Å²) in [5.74, 6) is 0.222. The molecular formula is C16H27NO2Si. The molecule has 112 valence electrons. The molecule has 0 unspecified atom stereocenters. The van der Waals surface area contributed by atoms with Gasteiger partial charge in [0.05, 0.1) is 23.8 Å². The Morgan fingerprint density at radius 2 is 2.05 bits per heavy atom. The summed E-state index contributed by atoms with van der Waals surface area (Å²) in [5, 5.41) is 0.176. The number of carbonyl (C=O) groups excluding carboxylic acids is 1. The summed E-state index contributed by atoms with van der Waals surface area (Å²) in [5.41, 5.74) is 3.87. The van der Waals surface area contributed by atoms with Crippen molar-refractivity contribution in [1.82, 2.24) is 4.90 Å². The quantitative estimate of drug-likeness (QED) is 0.451. The van der Waals surface area contributed by atoms with Gasteiger partial charge in [-0.2, -0.15) is 0 Å². The van der Waals surface area contributed by atoms with Gasteiger partial charge in [0, 0.05) is 0 Å². The van der Waals surface area contributed by atoms with E-state index < -0.39 is 8.32 Å². The average Bonchev–Trinajstić information content (AvgIpc) is 2.65. The fraction of sp³-hybridized carbons (Fsp3) is 0.750. The molecule has 3 atom stereocenters. The summed E-state index contributed by atoms with van der Waals surface area (Å²) in [6.07, 6.45) is 1.96. The van der Waals surface area contributed by atoms with E-state index >= 15 is 0 Å². The zero-order chi connectivity index (χ0) is 15.3. The van der Waals surface area contributed by atoms with Crippen LogP contribution >= 0.6 is 0 Å². The number of β-lactam (4-membered cyclic amide) rings is 1. The zero-order valence-electron chi connectivity index (χ0n) is 13.6. The van der Waals surface area contributed by atoms with E-state index in [2.05, 4.69) is 53.1 Å². The Morgan fingerprint density at radius 1 is 1.45 bits per heavy atom. The standard InChI is InChI=1S/C16H27NO2Si/c1-8-12-9-10-13-14(15(18)17(12)13)11(2)19-20(6,7)16(3,4)5/h11,13-14H,1,9-10H2,2-7H3/t11-,13-,14+/m1/s1. The van der Waals surface area contributed by atoms with E-state index in [0.29, 0.717) is 6.04 Å². The highest BCUT2D eigenvalue weighted by Gasteiger charge is 2.55. The van der Waals surface area contributed by atoms with Gasteiger partial charge in [0.15, 0.2) is 8.32 Å². The summed E-state index contributed by atoms with van der Waals surface area (Å²) in [6.45, 7) is 16.9. The topological polar surface area (TPSA) is 29.5 Å². The molecule has 0 bridgehead atoms. The third kappa shape index (κ3) is 2.30. The first-order valence-corrected chi connectivity index (χ1v) is 10.4. The number of allylic oxidation sites excluding steroid dienone is 1. The van der Waals surface area contributed by atoms with E-state index in [1.165, 1.54) is 0 Å². The van der Waals surface area contributed by atoms with E-state index in [1.54, 1.807) is 0 Å². The lowest BCUT2D eigenvalue weighted by molar-refractivity contribution is -0.155. The summed E-state index contributed by atoms with van der Waals surface area (Å²) < 4.78 is 6.40. The Kier molecular flexibility index (Phi) is 3.78. The number of fused-ring (bicyclic) bond motifs is 1. The van der Waals surface area contributed by atoms with Gasteiger partial charge in [0.2, 0.25) is 5.91 Å². The van der Waals surface area contributed by atoms with Crippen molar-refractivity contribution >= 4 is 14.2 Å². The molecule has 2 fully saturated rings. The lowest BCUT2D eigenvalue weighted by atomic mass is 9.84. The van der Waals surface area contributed by atoms with Crippen molar-refractivity contribution in [2.75, 3.05) is 0 Å². The molecule has 0 N–H and O–H groups in total. The molecular weight excluding hydrogens is 266 g/mol. The Balaban J connectivity index is 2.08. The maximum Gasteiger partial charge on any atom is 0.235 e. The first-order valence-electron chi connectivity index (χ1n) is 7.50. The molecule has 2 saturated heterocycles. The Hall–Kier alpha value is -0.833. The van der Waals surface area contributed by atoms with Gasteiger partial charge in [-0.05, 0) is 37.9 Å². The Bertz CT molecular complexity index is 471. The van der Waals surface area contributed by atoms with Crippen LogP contribution in [0.2, 0.25) is 18.1 Å². The molecule has 0 aromatic rings. The first-order chi connectivity index (χ1) is 9.10. The number of carbonyl (C=O) groups is 1. The van der Waals surface area contributed by atoms with E-state index in [0.717, 1.165) is 18.5 Å². The van der Waals surface area contributed by atoms with Crippen molar-refractivity contribution in [2.24, 2.45) is 5.92 Å². The van der Waals surface area contributed by atoms with Gasteiger partial charge >= 0.3 is 0 Å². The smallest absolute Gasteiger partial charge is 0.235 e. The van der Waals surface area contributed by atoms with Crippen molar-refractivity contribution in [3.05, 3.63) is 18.0 Å². The maximum atomic E-state index is 12.4. The molecule has 2 rings (SSSR count). The fourth-order valence-corrected chi connectivity index (χ4v) is 4.45. The van der Waals surface area contributed by atoms with Crippen LogP contribution in [0.1, 0.15) is 40.5 Å². The average molecular weight is 293 g/mol. The number of amides is 1. The second-order valence-electron chi connectivity index (χ2n) is 7.55. The number of hydrogen-bond donors (Lipinski definition) is 0. The molecule has 1 amide bonds. The third-order valence-electron chi connectivity index (χ3n) is 5.23. The van der Waals surface area contributed by atoms with Crippen molar-refractivity contribution < 1.29 is 9.22 Å². The van der Waals surface area contributed by atoms with E-state index in [4.69, 9.17) is 4.43 Å². The van der Waals surface area contributed by atoms with Crippen LogP contribution in [0.25, 0.3) is 0 Å². The van der Waals surface area contributed by atoms with E-state index in [1.807, 2.05) is 4.90 Å². The van der Waals surface area contributed by atoms with Crippen LogP contribution in [0.4, 0.5) is 0 Å². The molecule has 4 heteroatoms. The van der Waals surface area contributed by atoms with Crippen molar-refractivity contribution in [3.8, 4) is 0 Å². The van der Waals surface area contributed by atoms with Gasteiger partial charge in [-0.15, -0.1) is 5.73 Å². The van der Waals surface area contributed by atoms with Crippen LogP contribution in [0.3, 0.4) is 0 Å². The normalized spacial score (nSPS) is 28.0. The summed E-state index contributed by atoms with van der Waals surface area (Å²) >= 11 is 0. The van der Waals surface area contributed by atoms with Crippen molar-refractivity contribution in [1.29, 1.82) is 0 Å². The van der Waals surface area contributed by atoms with Crippen LogP contribution in [0.5, 0.6) is 0 Å². The highest BCUT2D eigenvalue weighted by atomic mass is 28.4. The lowest BCUT2D eigenvalue weighted by Crippen LogP contribution is -2.62. The SMILES string of the molecule is C=C=C1CC[C@@H]2[C@H]([C@@H](C)O[Si](C)(C)C(C)(C)C)C(=O)N12. The molecule has 0 spiro atoms. The molecule has 0 aromatic heterocycles. The van der Waals surface area contributed by atoms with E-state index in [-0.39, 0.29) is 23.0 Å². The van der Waals surface area contributed by atoms with Crippen LogP contribution in [-0.4, -0.2) is 31.3 Å². The molecule has 2 aliphatic heterocycles. The van der Waals surface area contributed by atoms with Gasteiger partial charge in [-0.3, -0.25) is 4.79 Å². The Morgan fingerprint density at radius 3 is 2.55 bits per heavy atom. The molecule has 20 heavy (non-hydrogen) atoms. The molecule has 0 aliphatic carbocycles. The third-order valence-corrected chi connectivity index (χ3v) is 9.81. The highest BCUT2D eigenvalue weighted by molar-refractivity contribution is 6.74. The van der Waals surface area contributed by atoms with Crippen molar-refractivity contribution in [3.63, 3.8) is 0 Å². The van der Waals surface area contributed by atoms with Crippen LogP contribution in [0.15, 0.2) is 18.0 Å². The summed E-state index contributed by atoms with van der Waals surface area (Å²) in [7, 11) is -1.82. The number of hydrogen-bond acceptors (Lipinski definition) is 2. The minimum Gasteiger partial charge on any atom is -0.413 e. The molecule has 3 nitrogen and oxygen atoms in total. The van der Waals surface area contributed by atoms with Gasteiger partial charge in [0.25, 0.3) is 0 Å². The minimum absolute atomic E-state index is 0.00815. The van der Waals surface area contributed by atoms with Gasteiger partial charge in [-0.25, -0.2) is 0 Å². The van der Waals surface area contributed by atoms with Crippen LogP contribution in [0, 0.1) is 5.92 Å². The van der Waals surface area contributed by atoms with Crippen molar-refractivity contribution in [2.45, 2.75) is 70.8 Å². The minimum atomic E-state index is -1.82. The van der Waals surface area contributed by atoms with E-state index in [9.17, 15) is 4.79 Å². The summed E-state index contributed by atoms with van der Waals surface area (Å²) in [4.78, 5) is 14.2. The Labute approximate surface area is 123 Å². The highest BCUT2D eigenvalue weighted by Crippen LogP contribution is 2.45. The number of rotatable bonds is 3. The predicted molar refractivity (Wildman–Crippen MR) is 83.8 cm³/mol. The maximum absolute atomic E-state index is 12.4. The van der Waals surface area contributed by atoms with Gasteiger partial charge in [-0.1, -0.05) is 27.4 Å². The van der Waals surface area contributed by atoms with Crippen LogP contribution < -0.4 is 0 Å². The molecule has 0 aromatic carbocycles. The van der Waals surface area contributed by atoms with Gasteiger partial charge in [0.1, 0.15) is 0 Å². The van der Waals surface area contributed by atoms with Crippen LogP contribution in [-0.2, 0) is 9.22 Å². The van der Waals surface area contributed by atoms with Gasteiger partial charge < -0.3 is 9.33 Å². The monoisotopic (exact) mass is 293 g/mol. The molecule has 0 radical (unpaired) electrons. The second kappa shape index (κ2) is 4.87.